The first kappa shape index (κ1) is 18.7. The highest BCUT2D eigenvalue weighted by Gasteiger charge is 2.27. The molecule has 1 amide bonds. The van der Waals surface area contributed by atoms with Gasteiger partial charge in [-0.1, -0.05) is 22.9 Å². The van der Waals surface area contributed by atoms with E-state index in [4.69, 9.17) is 16.3 Å². The molecule has 8 nitrogen and oxygen atoms in total. The Bertz CT molecular complexity index is 1070. The molecule has 1 aliphatic rings. The Morgan fingerprint density at radius 1 is 1.39 bits per heavy atom. The van der Waals surface area contributed by atoms with Gasteiger partial charge in [0.25, 0.3) is 5.56 Å². The molecular formula is C18H18ClN5O3S. The predicted molar refractivity (Wildman–Crippen MR) is 110 cm³/mol. The highest BCUT2D eigenvalue weighted by atomic mass is 35.5. The van der Waals surface area contributed by atoms with Gasteiger partial charge in [-0.05, 0) is 31.0 Å². The minimum atomic E-state index is -0.182. The predicted octanol–water partition coefficient (Wildman–Crippen LogP) is 2.90. The fourth-order valence-electron chi connectivity index (χ4n) is 3.24. The van der Waals surface area contributed by atoms with Crippen LogP contribution in [0.1, 0.15) is 12.8 Å². The lowest BCUT2D eigenvalue weighted by Crippen LogP contribution is -2.38. The lowest BCUT2D eigenvalue weighted by Gasteiger charge is -2.31. The summed E-state index contributed by atoms with van der Waals surface area (Å²) >= 11 is 7.35. The molecule has 146 valence electrons. The van der Waals surface area contributed by atoms with Crippen LogP contribution >= 0.6 is 22.9 Å². The maximum Gasteiger partial charge on any atom is 0.270 e. The maximum absolute atomic E-state index is 12.7. The minimum Gasteiger partial charge on any atom is -0.495 e. The van der Waals surface area contributed by atoms with Crippen molar-refractivity contribution in [2.24, 2.45) is 5.92 Å². The lowest BCUT2D eigenvalue weighted by atomic mass is 9.96. The molecule has 3 heterocycles. The first-order chi connectivity index (χ1) is 13.5. The number of rotatable bonds is 4. The minimum absolute atomic E-state index is 0.0531. The van der Waals surface area contributed by atoms with Gasteiger partial charge in [0.15, 0.2) is 10.8 Å². The fourth-order valence-corrected chi connectivity index (χ4v) is 4.37. The Balaban J connectivity index is 1.42. The Hall–Kier alpha value is -2.65. The number of amides is 1. The molecule has 0 saturated carbocycles. The van der Waals surface area contributed by atoms with Crippen LogP contribution in [0.15, 0.2) is 29.3 Å². The lowest BCUT2D eigenvalue weighted by molar-refractivity contribution is -0.120. The topological polar surface area (TPSA) is 100 Å². The standard InChI is InChI=1S/C18H18ClN5O3S/c1-27-13-3-2-11(19)8-12(13)22-16(25)10-4-6-24(7-5-10)18-23-15-14(28-18)17(26)21-9-20-15/h2-3,8-10H,4-7H2,1H3,(H,22,25)(H,20,21,26). The quantitative estimate of drug-likeness (QED) is 0.674. The van der Waals surface area contributed by atoms with Crippen LogP contribution in [0.25, 0.3) is 10.3 Å². The van der Waals surface area contributed by atoms with E-state index in [1.807, 2.05) is 0 Å². The molecule has 0 unspecified atom stereocenters. The molecule has 0 radical (unpaired) electrons. The van der Waals surface area contributed by atoms with Crippen molar-refractivity contribution < 1.29 is 9.53 Å². The summed E-state index contributed by atoms with van der Waals surface area (Å²) < 4.78 is 5.80. The van der Waals surface area contributed by atoms with Crippen molar-refractivity contribution in [2.75, 3.05) is 30.4 Å². The summed E-state index contributed by atoms with van der Waals surface area (Å²) in [6.07, 6.45) is 2.73. The van der Waals surface area contributed by atoms with Crippen LogP contribution in [0.3, 0.4) is 0 Å². The van der Waals surface area contributed by atoms with Crippen LogP contribution in [-0.4, -0.2) is 41.1 Å². The fraction of sp³-hybridized carbons (Fsp3) is 0.333. The third kappa shape index (κ3) is 3.67. The zero-order chi connectivity index (χ0) is 19.7. The number of hydrogen-bond donors (Lipinski definition) is 2. The van der Waals surface area contributed by atoms with Gasteiger partial charge in [-0.15, -0.1) is 0 Å². The largest absolute Gasteiger partial charge is 0.495 e. The summed E-state index contributed by atoms with van der Waals surface area (Å²) in [5.74, 6) is 0.404. The SMILES string of the molecule is COc1ccc(Cl)cc1NC(=O)C1CCN(c2nc3nc[nH]c(=O)c3s2)CC1. The van der Waals surface area contributed by atoms with Gasteiger partial charge in [-0.3, -0.25) is 9.59 Å². The first-order valence-corrected chi connectivity index (χ1v) is 9.98. The molecule has 28 heavy (non-hydrogen) atoms. The first-order valence-electron chi connectivity index (χ1n) is 8.78. The Morgan fingerprint density at radius 2 is 2.18 bits per heavy atom. The molecule has 4 rings (SSSR count). The third-order valence-corrected chi connectivity index (χ3v) is 6.08. The van der Waals surface area contributed by atoms with Crippen molar-refractivity contribution in [1.29, 1.82) is 0 Å². The third-order valence-electron chi connectivity index (χ3n) is 4.74. The number of methoxy groups -OCH3 is 1. The van der Waals surface area contributed by atoms with Crippen molar-refractivity contribution >= 4 is 50.0 Å². The van der Waals surface area contributed by atoms with Crippen LogP contribution in [0, 0.1) is 5.92 Å². The smallest absolute Gasteiger partial charge is 0.270 e. The zero-order valence-electron chi connectivity index (χ0n) is 15.1. The number of piperidine rings is 1. The number of carbonyl (C=O) groups excluding carboxylic acids is 1. The number of anilines is 2. The number of H-pyrrole nitrogens is 1. The van der Waals surface area contributed by atoms with Crippen molar-refractivity contribution in [1.82, 2.24) is 15.0 Å². The summed E-state index contributed by atoms with van der Waals surface area (Å²) in [4.78, 5) is 37.7. The molecule has 0 bridgehead atoms. The number of hydrogen-bond acceptors (Lipinski definition) is 7. The van der Waals surface area contributed by atoms with Gasteiger partial charge in [0.05, 0.1) is 19.1 Å². The normalized spacial score (nSPS) is 15.0. The van der Waals surface area contributed by atoms with Crippen LogP contribution in [0.4, 0.5) is 10.8 Å². The number of carbonyl (C=O) groups is 1. The van der Waals surface area contributed by atoms with Crippen molar-refractivity contribution in [3.05, 3.63) is 39.9 Å². The van der Waals surface area contributed by atoms with Gasteiger partial charge in [-0.25, -0.2) is 4.98 Å². The average molecular weight is 420 g/mol. The Labute approximate surface area is 169 Å². The van der Waals surface area contributed by atoms with E-state index in [1.165, 1.54) is 17.7 Å². The molecule has 0 aliphatic carbocycles. The average Bonchev–Trinajstić information content (AvgIpc) is 3.14. The molecule has 2 aromatic heterocycles. The number of aromatic nitrogens is 3. The number of aromatic amines is 1. The molecule has 10 heteroatoms. The summed E-state index contributed by atoms with van der Waals surface area (Å²) in [6.45, 7) is 1.37. The van der Waals surface area contributed by atoms with Crippen molar-refractivity contribution in [3.8, 4) is 5.75 Å². The summed E-state index contributed by atoms with van der Waals surface area (Å²) in [5.41, 5.74) is 0.842. The Morgan fingerprint density at radius 3 is 2.89 bits per heavy atom. The second-order valence-electron chi connectivity index (χ2n) is 6.48. The van der Waals surface area contributed by atoms with E-state index in [9.17, 15) is 9.59 Å². The Kier molecular flexibility index (Phi) is 5.19. The number of nitrogens with one attached hydrogen (secondary N) is 2. The molecule has 1 aromatic carbocycles. The van der Waals surface area contributed by atoms with Crippen LogP contribution in [0.5, 0.6) is 5.75 Å². The number of nitrogens with zero attached hydrogens (tertiary/aromatic N) is 3. The van der Waals surface area contributed by atoms with E-state index in [0.717, 1.165) is 5.13 Å². The van der Waals surface area contributed by atoms with Crippen molar-refractivity contribution in [2.45, 2.75) is 12.8 Å². The summed E-state index contributed by atoms with van der Waals surface area (Å²) in [7, 11) is 1.55. The highest BCUT2D eigenvalue weighted by Crippen LogP contribution is 2.31. The molecule has 0 spiro atoms. The number of ether oxygens (including phenoxy) is 1. The second kappa shape index (κ2) is 7.76. The van der Waals surface area contributed by atoms with Crippen LogP contribution in [0.2, 0.25) is 5.02 Å². The van der Waals surface area contributed by atoms with E-state index < -0.39 is 0 Å². The van der Waals surface area contributed by atoms with Gasteiger partial charge in [0, 0.05) is 24.0 Å². The van der Waals surface area contributed by atoms with Crippen LogP contribution in [-0.2, 0) is 4.79 Å². The van der Waals surface area contributed by atoms with Gasteiger partial charge < -0.3 is 19.9 Å². The van der Waals surface area contributed by atoms with Gasteiger partial charge in [0.1, 0.15) is 10.4 Å². The summed E-state index contributed by atoms with van der Waals surface area (Å²) in [5, 5.41) is 4.21. The summed E-state index contributed by atoms with van der Waals surface area (Å²) in [6, 6.07) is 5.12. The molecule has 2 N–H and O–H groups in total. The molecule has 1 saturated heterocycles. The van der Waals surface area contributed by atoms with E-state index in [1.54, 1.807) is 25.3 Å². The molecular weight excluding hydrogens is 402 g/mol. The number of fused-ring (bicyclic) bond motifs is 1. The second-order valence-corrected chi connectivity index (χ2v) is 7.89. The number of benzene rings is 1. The van der Waals surface area contributed by atoms with E-state index in [0.29, 0.717) is 52.7 Å². The number of halogens is 1. The van der Waals surface area contributed by atoms with Crippen LogP contribution < -0.4 is 20.5 Å². The van der Waals surface area contributed by atoms with E-state index in [-0.39, 0.29) is 17.4 Å². The van der Waals surface area contributed by atoms with Gasteiger partial charge in [-0.2, -0.15) is 4.98 Å². The van der Waals surface area contributed by atoms with E-state index in [2.05, 4.69) is 25.2 Å². The molecule has 3 aromatic rings. The van der Waals surface area contributed by atoms with Gasteiger partial charge in [0.2, 0.25) is 5.91 Å². The zero-order valence-corrected chi connectivity index (χ0v) is 16.6. The molecule has 1 aliphatic heterocycles. The number of thiazole rings is 1. The molecule has 0 atom stereocenters. The molecule has 1 fully saturated rings. The van der Waals surface area contributed by atoms with Crippen molar-refractivity contribution in [3.63, 3.8) is 0 Å². The maximum atomic E-state index is 12.7. The monoisotopic (exact) mass is 419 g/mol. The van der Waals surface area contributed by atoms with E-state index >= 15 is 0 Å². The highest BCUT2D eigenvalue weighted by molar-refractivity contribution is 7.22. The van der Waals surface area contributed by atoms with Gasteiger partial charge >= 0.3 is 0 Å².